The van der Waals surface area contributed by atoms with E-state index < -0.39 is 22.7 Å². The first-order chi connectivity index (χ1) is 10.0. The minimum Gasteiger partial charge on any atom is -0.618 e. The quantitative estimate of drug-likeness (QED) is 0.266. The monoisotopic (exact) mass is 290 g/mol. The van der Waals surface area contributed by atoms with Gasteiger partial charge < -0.3 is 9.62 Å². The van der Waals surface area contributed by atoms with Crippen LogP contribution in [0, 0.1) is 15.3 Å². The number of rotatable bonds is 6. The zero-order valence-electron chi connectivity index (χ0n) is 11.3. The van der Waals surface area contributed by atoms with E-state index in [-0.39, 0.29) is 12.1 Å². The van der Waals surface area contributed by atoms with Crippen molar-refractivity contribution < 1.29 is 18.9 Å². The second-order valence-electron chi connectivity index (χ2n) is 4.69. The number of carbonyl (C=O) groups excluding carboxylic acids is 1. The van der Waals surface area contributed by atoms with Crippen molar-refractivity contribution in [3.63, 3.8) is 0 Å². The van der Waals surface area contributed by atoms with Crippen LogP contribution in [-0.2, 0) is 0 Å². The van der Waals surface area contributed by atoms with Crippen molar-refractivity contribution >= 4 is 5.78 Å². The van der Waals surface area contributed by atoms with E-state index in [1.807, 2.05) is 0 Å². The van der Waals surface area contributed by atoms with E-state index in [4.69, 9.17) is 4.42 Å². The van der Waals surface area contributed by atoms with Crippen LogP contribution in [0.2, 0.25) is 0 Å². The molecular weight excluding hydrogens is 276 g/mol. The van der Waals surface area contributed by atoms with Crippen LogP contribution in [0.5, 0.6) is 0 Å². The van der Waals surface area contributed by atoms with Crippen LogP contribution in [0.3, 0.4) is 0 Å². The Morgan fingerprint density at radius 1 is 1.38 bits per heavy atom. The molecule has 2 atom stereocenters. The fraction of sp³-hybridized carbons (Fsp3) is 0.286. The van der Waals surface area contributed by atoms with Gasteiger partial charge in [0.1, 0.15) is 5.76 Å². The summed E-state index contributed by atoms with van der Waals surface area (Å²) in [6, 6.07) is 6.67. The van der Waals surface area contributed by atoms with Gasteiger partial charge in [0, 0.05) is 30.4 Å². The van der Waals surface area contributed by atoms with Crippen molar-refractivity contribution in [2.24, 2.45) is 0 Å². The summed E-state index contributed by atoms with van der Waals surface area (Å²) in [6.45, 7) is 1.41. The standard InChI is InChI=1S/C14H14N2O5/c1-10(16(19)20)11(14-6-4-8-21-14)9-13(17)12-5-2-3-7-15(12)18/h2-8,10-11H,9H2,1H3/t10-,11-/m1/s1. The molecule has 0 spiro atoms. The van der Waals surface area contributed by atoms with E-state index in [2.05, 4.69) is 0 Å². The lowest BCUT2D eigenvalue weighted by atomic mass is 9.92. The SMILES string of the molecule is C[C@H]([C@@H](CC(=O)c1cccc[n+]1[O-])c1ccco1)[N+](=O)[O-]. The van der Waals surface area contributed by atoms with Gasteiger partial charge in [-0.25, -0.2) is 0 Å². The van der Waals surface area contributed by atoms with E-state index >= 15 is 0 Å². The van der Waals surface area contributed by atoms with Gasteiger partial charge in [0.15, 0.2) is 6.20 Å². The number of nitrogens with zero attached hydrogens (tertiary/aromatic N) is 2. The first kappa shape index (κ1) is 14.7. The summed E-state index contributed by atoms with van der Waals surface area (Å²) in [5.74, 6) is -0.815. The highest BCUT2D eigenvalue weighted by molar-refractivity contribution is 5.93. The average Bonchev–Trinajstić information content (AvgIpc) is 2.98. The van der Waals surface area contributed by atoms with Gasteiger partial charge in [0.2, 0.25) is 11.8 Å². The molecule has 110 valence electrons. The molecule has 0 radical (unpaired) electrons. The Kier molecular flexibility index (Phi) is 4.32. The predicted molar refractivity (Wildman–Crippen MR) is 72.3 cm³/mol. The van der Waals surface area contributed by atoms with Gasteiger partial charge in [-0.05, 0) is 18.2 Å². The molecule has 0 fully saturated rings. The number of hydrogen-bond acceptors (Lipinski definition) is 5. The molecule has 2 rings (SSSR count). The highest BCUT2D eigenvalue weighted by Crippen LogP contribution is 2.27. The number of ketones is 1. The van der Waals surface area contributed by atoms with Gasteiger partial charge in [-0.3, -0.25) is 14.9 Å². The third-order valence-electron chi connectivity index (χ3n) is 3.34. The Balaban J connectivity index is 2.25. The normalized spacial score (nSPS) is 13.6. The van der Waals surface area contributed by atoms with Gasteiger partial charge in [0.25, 0.3) is 5.69 Å². The van der Waals surface area contributed by atoms with Crippen LogP contribution >= 0.6 is 0 Å². The molecule has 0 aliphatic heterocycles. The van der Waals surface area contributed by atoms with Gasteiger partial charge in [-0.2, -0.15) is 4.73 Å². The molecule has 0 amide bonds. The molecular formula is C14H14N2O5. The van der Waals surface area contributed by atoms with Crippen LogP contribution in [0.15, 0.2) is 47.2 Å². The molecule has 0 N–H and O–H groups in total. The fourth-order valence-electron chi connectivity index (χ4n) is 2.11. The third-order valence-corrected chi connectivity index (χ3v) is 3.34. The van der Waals surface area contributed by atoms with Crippen molar-refractivity contribution in [3.8, 4) is 0 Å². The molecule has 0 unspecified atom stereocenters. The van der Waals surface area contributed by atoms with Crippen LogP contribution in [-0.4, -0.2) is 16.7 Å². The van der Waals surface area contributed by atoms with Crippen molar-refractivity contribution in [2.45, 2.75) is 25.3 Å². The second-order valence-corrected chi connectivity index (χ2v) is 4.69. The topological polar surface area (TPSA) is 100 Å². The van der Waals surface area contributed by atoms with Gasteiger partial charge in [-0.1, -0.05) is 0 Å². The zero-order chi connectivity index (χ0) is 15.4. The maximum absolute atomic E-state index is 12.2. The van der Waals surface area contributed by atoms with Crippen LogP contribution in [0.25, 0.3) is 0 Å². The molecule has 0 aliphatic carbocycles. The van der Waals surface area contributed by atoms with Gasteiger partial charge in [0.05, 0.1) is 12.2 Å². The average molecular weight is 290 g/mol. The molecule has 21 heavy (non-hydrogen) atoms. The smallest absolute Gasteiger partial charge is 0.259 e. The number of furan rings is 1. The Morgan fingerprint density at radius 2 is 2.14 bits per heavy atom. The Hall–Kier alpha value is -2.70. The summed E-state index contributed by atoms with van der Waals surface area (Å²) in [5, 5.41) is 22.6. The molecule has 7 heteroatoms. The molecule has 0 aliphatic rings. The minimum atomic E-state index is -0.996. The fourth-order valence-corrected chi connectivity index (χ4v) is 2.11. The van der Waals surface area contributed by atoms with Crippen molar-refractivity contribution in [3.05, 3.63) is 69.6 Å². The highest BCUT2D eigenvalue weighted by atomic mass is 16.6. The molecule has 0 bridgehead atoms. The minimum absolute atomic E-state index is 0.0374. The summed E-state index contributed by atoms with van der Waals surface area (Å²) in [4.78, 5) is 22.8. The van der Waals surface area contributed by atoms with E-state index in [0.717, 1.165) is 0 Å². The van der Waals surface area contributed by atoms with E-state index in [9.17, 15) is 20.1 Å². The molecule has 2 aromatic rings. The first-order valence-electron chi connectivity index (χ1n) is 6.39. The zero-order valence-corrected chi connectivity index (χ0v) is 11.3. The summed E-state index contributed by atoms with van der Waals surface area (Å²) in [5.41, 5.74) is -0.0374. The van der Waals surface area contributed by atoms with E-state index in [1.54, 1.807) is 18.2 Å². The Morgan fingerprint density at radius 3 is 2.71 bits per heavy atom. The Bertz CT molecular complexity index is 639. The lowest BCUT2D eigenvalue weighted by Crippen LogP contribution is -2.35. The molecule has 7 nitrogen and oxygen atoms in total. The van der Waals surface area contributed by atoms with Crippen molar-refractivity contribution in [2.75, 3.05) is 0 Å². The third kappa shape index (κ3) is 3.25. The largest absolute Gasteiger partial charge is 0.618 e. The maximum Gasteiger partial charge on any atom is 0.259 e. The maximum atomic E-state index is 12.2. The van der Waals surface area contributed by atoms with Gasteiger partial charge in [-0.15, -0.1) is 0 Å². The number of Topliss-reactive ketones (excluding diaryl/α,β-unsaturated/α-hetero) is 1. The van der Waals surface area contributed by atoms with Crippen LogP contribution in [0.1, 0.15) is 35.5 Å². The first-order valence-corrected chi connectivity index (χ1v) is 6.39. The van der Waals surface area contributed by atoms with E-state index in [1.165, 1.54) is 31.5 Å². The summed E-state index contributed by atoms with van der Waals surface area (Å²) < 4.78 is 5.65. The number of carbonyl (C=O) groups is 1. The number of nitro groups is 1. The lowest BCUT2D eigenvalue weighted by molar-refractivity contribution is -0.607. The second kappa shape index (κ2) is 6.17. The summed E-state index contributed by atoms with van der Waals surface area (Å²) in [7, 11) is 0. The van der Waals surface area contributed by atoms with Crippen molar-refractivity contribution in [1.82, 2.24) is 0 Å². The molecule has 2 heterocycles. The van der Waals surface area contributed by atoms with E-state index in [0.29, 0.717) is 10.5 Å². The predicted octanol–water partition coefficient (Wildman–Crippen LogP) is 1.93. The summed E-state index contributed by atoms with van der Waals surface area (Å²) in [6.07, 6.45) is 2.45. The lowest BCUT2D eigenvalue weighted by Gasteiger charge is -2.15. The van der Waals surface area contributed by atoms with Crippen molar-refractivity contribution in [1.29, 1.82) is 0 Å². The molecule has 0 saturated heterocycles. The number of hydrogen-bond donors (Lipinski definition) is 0. The molecule has 0 aromatic carbocycles. The van der Waals surface area contributed by atoms with Crippen LogP contribution in [0.4, 0.5) is 0 Å². The van der Waals surface area contributed by atoms with Crippen LogP contribution < -0.4 is 4.73 Å². The number of pyridine rings is 1. The molecule has 0 saturated carbocycles. The molecule has 2 aromatic heterocycles. The van der Waals surface area contributed by atoms with Gasteiger partial charge >= 0.3 is 0 Å². The highest BCUT2D eigenvalue weighted by Gasteiger charge is 2.34. The Labute approximate surface area is 120 Å². The summed E-state index contributed by atoms with van der Waals surface area (Å²) >= 11 is 0. The number of aromatic nitrogens is 1.